The molecule has 0 unspecified atom stereocenters. The number of nitrogens with one attached hydrogen (secondary N) is 1. The maximum Gasteiger partial charge on any atom is 0.187 e. The highest BCUT2D eigenvalue weighted by molar-refractivity contribution is 7.18. The molecule has 146 valence electrons. The van der Waals surface area contributed by atoms with E-state index in [1.807, 2.05) is 24.5 Å². The van der Waals surface area contributed by atoms with Crippen LogP contribution in [-0.4, -0.2) is 28.5 Å². The third-order valence-electron chi connectivity index (χ3n) is 4.73. The van der Waals surface area contributed by atoms with Gasteiger partial charge in [0.1, 0.15) is 0 Å². The van der Waals surface area contributed by atoms with Crippen LogP contribution in [0.1, 0.15) is 11.1 Å². The summed E-state index contributed by atoms with van der Waals surface area (Å²) < 4.78 is 0. The molecule has 0 aliphatic heterocycles. The van der Waals surface area contributed by atoms with Crippen LogP contribution < -0.4 is 5.32 Å². The maximum absolute atomic E-state index is 4.48. The number of thiazole rings is 1. The van der Waals surface area contributed by atoms with E-state index in [0.29, 0.717) is 0 Å². The first kappa shape index (κ1) is 19.3. The molecule has 4 rings (SSSR count). The number of hydrogen-bond acceptors (Lipinski definition) is 5. The number of pyridine rings is 1. The van der Waals surface area contributed by atoms with Crippen LogP contribution in [0.3, 0.4) is 0 Å². The number of likely N-dealkylation sites (N-methyl/N-ethyl adjacent to an activating group) is 1. The molecule has 0 saturated carbocycles. The molecule has 2 heterocycles. The monoisotopic (exact) mass is 400 g/mol. The summed E-state index contributed by atoms with van der Waals surface area (Å²) in [4.78, 5) is 12.1. The minimum atomic E-state index is 0.888. The van der Waals surface area contributed by atoms with Gasteiger partial charge in [-0.2, -0.15) is 0 Å². The van der Waals surface area contributed by atoms with Gasteiger partial charge in [0.25, 0.3) is 0 Å². The molecule has 0 fully saturated rings. The van der Waals surface area contributed by atoms with Gasteiger partial charge >= 0.3 is 0 Å². The summed E-state index contributed by atoms with van der Waals surface area (Å²) in [5, 5.41) is 4.28. The van der Waals surface area contributed by atoms with E-state index in [4.69, 9.17) is 0 Å². The van der Waals surface area contributed by atoms with Crippen molar-refractivity contribution in [3.63, 3.8) is 0 Å². The topological polar surface area (TPSA) is 41.0 Å². The molecule has 1 N–H and O–H groups in total. The molecule has 29 heavy (non-hydrogen) atoms. The zero-order valence-electron chi connectivity index (χ0n) is 16.5. The summed E-state index contributed by atoms with van der Waals surface area (Å²) in [6.45, 7) is 2.01. The van der Waals surface area contributed by atoms with E-state index in [0.717, 1.165) is 40.8 Å². The van der Waals surface area contributed by atoms with E-state index in [-0.39, 0.29) is 0 Å². The lowest BCUT2D eigenvalue weighted by atomic mass is 10.1. The van der Waals surface area contributed by atoms with Crippen LogP contribution in [0.4, 0.5) is 10.8 Å². The van der Waals surface area contributed by atoms with E-state index in [9.17, 15) is 0 Å². The largest absolute Gasteiger partial charge is 0.332 e. The second-order valence-electron chi connectivity index (χ2n) is 7.07. The molecule has 0 aliphatic carbocycles. The minimum Gasteiger partial charge on any atom is -0.332 e. The van der Waals surface area contributed by atoms with Gasteiger partial charge in [0.2, 0.25) is 0 Å². The predicted octanol–water partition coefficient (Wildman–Crippen LogP) is 5.62. The van der Waals surface area contributed by atoms with Crippen LogP contribution in [0.15, 0.2) is 85.3 Å². The molecule has 0 bridgehead atoms. The van der Waals surface area contributed by atoms with Crippen LogP contribution >= 0.6 is 11.3 Å². The molecule has 0 spiro atoms. The van der Waals surface area contributed by atoms with Crippen molar-refractivity contribution in [2.24, 2.45) is 0 Å². The van der Waals surface area contributed by atoms with E-state index < -0.39 is 0 Å². The summed E-state index contributed by atoms with van der Waals surface area (Å²) in [5.74, 6) is 0. The molecular formula is C24H24N4S. The van der Waals surface area contributed by atoms with E-state index in [1.165, 1.54) is 11.1 Å². The number of rotatable bonds is 8. The van der Waals surface area contributed by atoms with Crippen LogP contribution in [0, 0.1) is 0 Å². The molecule has 0 aliphatic rings. The second kappa shape index (κ2) is 9.45. The summed E-state index contributed by atoms with van der Waals surface area (Å²) >= 11 is 1.63. The van der Waals surface area contributed by atoms with Crippen molar-refractivity contribution in [1.29, 1.82) is 0 Å². The van der Waals surface area contributed by atoms with Gasteiger partial charge in [-0.1, -0.05) is 59.9 Å². The van der Waals surface area contributed by atoms with E-state index in [2.05, 4.69) is 81.8 Å². The molecule has 0 atom stereocenters. The Labute approximate surface area is 175 Å². The third kappa shape index (κ3) is 5.50. The Morgan fingerprint density at radius 1 is 0.897 bits per heavy atom. The van der Waals surface area contributed by atoms with Crippen LogP contribution in [-0.2, 0) is 13.0 Å². The third-order valence-corrected chi connectivity index (χ3v) is 5.70. The molecule has 2 aromatic carbocycles. The second-order valence-corrected chi connectivity index (χ2v) is 8.10. The van der Waals surface area contributed by atoms with Crippen molar-refractivity contribution in [2.45, 2.75) is 13.0 Å². The Hall–Kier alpha value is -3.02. The molecule has 0 radical (unpaired) electrons. The average molecular weight is 401 g/mol. The summed E-state index contributed by atoms with van der Waals surface area (Å²) in [5.41, 5.74) is 4.83. The number of benzene rings is 2. The van der Waals surface area contributed by atoms with Crippen molar-refractivity contribution in [1.82, 2.24) is 14.9 Å². The number of hydrogen-bond donors (Lipinski definition) is 1. The quantitative estimate of drug-likeness (QED) is 0.417. The van der Waals surface area contributed by atoms with Crippen LogP contribution in [0.2, 0.25) is 0 Å². The Balaban J connectivity index is 1.30. The van der Waals surface area contributed by atoms with Gasteiger partial charge in [-0.15, -0.1) is 0 Å². The maximum atomic E-state index is 4.48. The molecule has 0 amide bonds. The lowest BCUT2D eigenvalue weighted by molar-refractivity contribution is 0.331. The number of aromatic nitrogens is 2. The molecular weight excluding hydrogens is 376 g/mol. The molecule has 2 aromatic heterocycles. The van der Waals surface area contributed by atoms with Gasteiger partial charge in [-0.05, 0) is 42.8 Å². The van der Waals surface area contributed by atoms with Gasteiger partial charge < -0.3 is 10.2 Å². The predicted molar refractivity (Wildman–Crippen MR) is 122 cm³/mol. The SMILES string of the molecule is CN(CCc1ccc(Nc2ncc(-c3cccnc3)s2)cc1)Cc1ccccc1. The van der Waals surface area contributed by atoms with E-state index >= 15 is 0 Å². The summed E-state index contributed by atoms with van der Waals surface area (Å²) in [7, 11) is 2.17. The Morgan fingerprint density at radius 2 is 1.72 bits per heavy atom. The molecule has 4 aromatic rings. The van der Waals surface area contributed by atoms with Gasteiger partial charge in [-0.3, -0.25) is 4.98 Å². The van der Waals surface area contributed by atoms with Crippen LogP contribution in [0.5, 0.6) is 0 Å². The summed E-state index contributed by atoms with van der Waals surface area (Å²) in [6.07, 6.45) is 6.57. The molecule has 4 nitrogen and oxygen atoms in total. The van der Waals surface area contributed by atoms with Crippen LogP contribution in [0.25, 0.3) is 10.4 Å². The Kier molecular flexibility index (Phi) is 6.29. The standard InChI is InChI=1S/C24H24N4S/c1-28(18-20-6-3-2-4-7-20)15-13-19-9-11-22(12-10-19)27-24-26-17-23(29-24)21-8-5-14-25-16-21/h2-12,14,16-17H,13,15,18H2,1H3,(H,26,27). The highest BCUT2D eigenvalue weighted by Crippen LogP contribution is 2.30. The average Bonchev–Trinajstić information content (AvgIpc) is 3.23. The minimum absolute atomic E-state index is 0.888. The zero-order chi connectivity index (χ0) is 19.9. The molecule has 0 saturated heterocycles. The fourth-order valence-corrected chi connectivity index (χ4v) is 3.97. The van der Waals surface area contributed by atoms with Gasteiger partial charge in [0.05, 0.1) is 4.88 Å². The normalized spacial score (nSPS) is 11.0. The first-order valence-corrected chi connectivity index (χ1v) is 10.5. The molecule has 5 heteroatoms. The zero-order valence-corrected chi connectivity index (χ0v) is 17.3. The van der Waals surface area contributed by atoms with Crippen molar-refractivity contribution in [2.75, 3.05) is 18.9 Å². The van der Waals surface area contributed by atoms with Crippen molar-refractivity contribution in [3.8, 4) is 10.4 Å². The lowest BCUT2D eigenvalue weighted by Gasteiger charge is -2.16. The van der Waals surface area contributed by atoms with Gasteiger partial charge in [0.15, 0.2) is 5.13 Å². The van der Waals surface area contributed by atoms with Gasteiger partial charge in [0, 0.05) is 42.9 Å². The highest BCUT2D eigenvalue weighted by Gasteiger charge is 2.05. The fraction of sp³-hybridized carbons (Fsp3) is 0.167. The highest BCUT2D eigenvalue weighted by atomic mass is 32.1. The smallest absolute Gasteiger partial charge is 0.187 e. The number of anilines is 2. The first-order valence-electron chi connectivity index (χ1n) is 9.71. The fourth-order valence-electron chi connectivity index (χ4n) is 3.15. The number of nitrogens with zero attached hydrogens (tertiary/aromatic N) is 3. The van der Waals surface area contributed by atoms with Gasteiger partial charge in [-0.25, -0.2) is 4.98 Å². The Morgan fingerprint density at radius 3 is 2.48 bits per heavy atom. The Bertz CT molecular complexity index is 1010. The lowest BCUT2D eigenvalue weighted by Crippen LogP contribution is -2.20. The van der Waals surface area contributed by atoms with Crippen molar-refractivity contribution >= 4 is 22.2 Å². The first-order chi connectivity index (χ1) is 14.3. The van der Waals surface area contributed by atoms with Crippen molar-refractivity contribution in [3.05, 3.63) is 96.4 Å². The summed E-state index contributed by atoms with van der Waals surface area (Å²) in [6, 6.07) is 23.2. The van der Waals surface area contributed by atoms with Crippen molar-refractivity contribution < 1.29 is 0 Å². The van der Waals surface area contributed by atoms with E-state index in [1.54, 1.807) is 17.5 Å².